The number of anilines is 1. The third kappa shape index (κ3) is 4.78. The van der Waals surface area contributed by atoms with E-state index < -0.39 is 29.6 Å². The quantitative estimate of drug-likeness (QED) is 0.384. The van der Waals surface area contributed by atoms with E-state index in [1.54, 1.807) is 16.7 Å². The van der Waals surface area contributed by atoms with Crippen LogP contribution in [0.3, 0.4) is 0 Å². The molecule has 0 radical (unpaired) electrons. The zero-order chi connectivity index (χ0) is 27.0. The predicted octanol–water partition coefficient (Wildman–Crippen LogP) is 4.19. The fourth-order valence-electron chi connectivity index (χ4n) is 6.86. The number of nitrogens with zero attached hydrogens (tertiary/aromatic N) is 1. The molecule has 3 fully saturated rings. The van der Waals surface area contributed by atoms with Crippen LogP contribution >= 0.6 is 11.8 Å². The highest BCUT2D eigenvalue weighted by molar-refractivity contribution is 7.98. The van der Waals surface area contributed by atoms with E-state index in [9.17, 15) is 14.4 Å². The van der Waals surface area contributed by atoms with Gasteiger partial charge < -0.3 is 20.3 Å². The van der Waals surface area contributed by atoms with E-state index in [1.807, 2.05) is 73.0 Å². The molecular weight excluding hydrogens is 510 g/mol. The molecule has 2 aromatic rings. The normalized spacial score (nSPS) is 29.5. The minimum atomic E-state index is -1.14. The van der Waals surface area contributed by atoms with Gasteiger partial charge in [-0.15, -0.1) is 11.8 Å². The van der Waals surface area contributed by atoms with Crippen molar-refractivity contribution in [3.63, 3.8) is 0 Å². The molecule has 1 spiro atoms. The number of carbonyl (C=O) groups excluding carboxylic acids is 3. The number of rotatable bonds is 8. The average Bonchev–Trinajstić information content (AvgIpc) is 3.60. The SMILES string of the molecule is CSc1cccc(NC(=O)[C@H]2[C@@H]3C=C[C@]4(O3)[C@@H]2C(=O)N(CCc2ccccc2)[C@@H]4C(=O)NC2CCCCC2)c1. The summed E-state index contributed by atoms with van der Waals surface area (Å²) in [5.74, 6) is -2.05. The van der Waals surface area contributed by atoms with Crippen molar-refractivity contribution in [1.29, 1.82) is 0 Å². The fraction of sp³-hybridized carbons (Fsp3) is 0.452. The van der Waals surface area contributed by atoms with E-state index in [-0.39, 0.29) is 23.8 Å². The van der Waals surface area contributed by atoms with Crippen LogP contribution in [0.2, 0.25) is 0 Å². The standard InChI is InChI=1S/C31H35N3O4S/c1-39-23-14-8-13-22(19-23)33-28(35)25-24-15-17-31(38-24)26(25)30(37)34(18-16-20-9-4-2-5-10-20)27(31)29(36)32-21-11-6-3-7-12-21/h2,4-5,8-10,13-15,17,19,21,24-27H,3,6-7,11-12,16,18H2,1H3,(H,32,36)(H,33,35)/t24-,25-,26-,27+,31-/m0/s1. The Morgan fingerprint density at radius 1 is 1.05 bits per heavy atom. The number of hydrogen-bond donors (Lipinski definition) is 2. The molecule has 3 heterocycles. The van der Waals surface area contributed by atoms with E-state index in [4.69, 9.17) is 4.74 Å². The largest absolute Gasteiger partial charge is 0.359 e. The number of ether oxygens (including phenoxy) is 1. The van der Waals surface area contributed by atoms with Crippen molar-refractivity contribution in [1.82, 2.24) is 10.2 Å². The van der Waals surface area contributed by atoms with Gasteiger partial charge in [-0.25, -0.2) is 0 Å². The number of carbonyl (C=O) groups is 3. The number of likely N-dealkylation sites (tertiary alicyclic amines) is 1. The van der Waals surface area contributed by atoms with Crippen molar-refractivity contribution in [2.75, 3.05) is 18.1 Å². The Kier molecular flexibility index (Phi) is 7.25. The maximum Gasteiger partial charge on any atom is 0.246 e. The lowest BCUT2D eigenvalue weighted by molar-refractivity contribution is -0.141. The van der Waals surface area contributed by atoms with Crippen molar-refractivity contribution < 1.29 is 19.1 Å². The van der Waals surface area contributed by atoms with Gasteiger partial charge in [-0.2, -0.15) is 0 Å². The molecule has 2 bridgehead atoms. The van der Waals surface area contributed by atoms with Crippen molar-refractivity contribution in [2.24, 2.45) is 11.8 Å². The molecule has 8 heteroatoms. The number of thioether (sulfide) groups is 1. The van der Waals surface area contributed by atoms with Crippen LogP contribution in [0.1, 0.15) is 37.7 Å². The highest BCUT2D eigenvalue weighted by atomic mass is 32.2. The Balaban J connectivity index is 1.29. The van der Waals surface area contributed by atoms with E-state index in [1.165, 1.54) is 6.42 Å². The van der Waals surface area contributed by atoms with Crippen molar-refractivity contribution in [3.05, 3.63) is 72.3 Å². The summed E-state index contributed by atoms with van der Waals surface area (Å²) in [7, 11) is 0. The summed E-state index contributed by atoms with van der Waals surface area (Å²) in [6.45, 7) is 0.385. The second kappa shape index (κ2) is 10.8. The van der Waals surface area contributed by atoms with Gasteiger partial charge in [0.25, 0.3) is 0 Å². The summed E-state index contributed by atoms with van der Waals surface area (Å²) < 4.78 is 6.48. The Morgan fingerprint density at radius 3 is 2.62 bits per heavy atom. The van der Waals surface area contributed by atoms with E-state index >= 15 is 0 Å². The van der Waals surface area contributed by atoms with Gasteiger partial charge in [-0.3, -0.25) is 14.4 Å². The second-order valence-electron chi connectivity index (χ2n) is 11.0. The molecule has 3 amide bonds. The van der Waals surface area contributed by atoms with Crippen molar-refractivity contribution >= 4 is 35.2 Å². The van der Waals surface area contributed by atoms with Gasteiger partial charge in [0.2, 0.25) is 17.7 Å². The number of amides is 3. The molecular formula is C31H35N3O4S. The van der Waals surface area contributed by atoms with Crippen LogP contribution in [0.15, 0.2) is 71.6 Å². The van der Waals surface area contributed by atoms with Crippen LogP contribution in [0, 0.1) is 11.8 Å². The molecule has 1 aliphatic carbocycles. The van der Waals surface area contributed by atoms with E-state index in [2.05, 4.69) is 10.6 Å². The first-order valence-electron chi connectivity index (χ1n) is 14.0. The maximum atomic E-state index is 14.1. The molecule has 2 saturated heterocycles. The number of fused-ring (bicyclic) bond motifs is 1. The Labute approximate surface area is 233 Å². The molecule has 6 rings (SSSR count). The molecule has 5 atom stereocenters. The Morgan fingerprint density at radius 2 is 1.85 bits per heavy atom. The maximum absolute atomic E-state index is 14.1. The second-order valence-corrected chi connectivity index (χ2v) is 11.9. The molecule has 39 heavy (non-hydrogen) atoms. The monoisotopic (exact) mass is 545 g/mol. The molecule has 7 nitrogen and oxygen atoms in total. The molecule has 2 aromatic carbocycles. The number of hydrogen-bond acceptors (Lipinski definition) is 5. The summed E-state index contributed by atoms with van der Waals surface area (Å²) >= 11 is 1.60. The van der Waals surface area contributed by atoms with Crippen LogP contribution in [0.5, 0.6) is 0 Å². The minimum Gasteiger partial charge on any atom is -0.359 e. The lowest BCUT2D eigenvalue weighted by Gasteiger charge is -2.34. The van der Waals surface area contributed by atoms with Gasteiger partial charge >= 0.3 is 0 Å². The topological polar surface area (TPSA) is 87.7 Å². The van der Waals surface area contributed by atoms with Crippen LogP contribution in [-0.4, -0.2) is 59.2 Å². The molecule has 1 saturated carbocycles. The van der Waals surface area contributed by atoms with E-state index in [0.717, 1.165) is 36.1 Å². The Bertz CT molecular complexity index is 1280. The highest BCUT2D eigenvalue weighted by Gasteiger charge is 2.72. The van der Waals surface area contributed by atoms with Gasteiger partial charge in [0.05, 0.1) is 17.9 Å². The molecule has 0 aromatic heterocycles. The summed E-state index contributed by atoms with van der Waals surface area (Å²) in [6, 6.07) is 16.9. The molecule has 4 aliphatic rings. The third-order valence-corrected chi connectivity index (χ3v) is 9.42. The van der Waals surface area contributed by atoms with Gasteiger partial charge in [0, 0.05) is 23.2 Å². The number of nitrogens with one attached hydrogen (secondary N) is 2. The lowest BCUT2D eigenvalue weighted by Crippen LogP contribution is -2.56. The summed E-state index contributed by atoms with van der Waals surface area (Å²) in [5.41, 5.74) is 0.640. The first kappa shape index (κ1) is 26.1. The molecule has 2 N–H and O–H groups in total. The molecule has 204 valence electrons. The van der Waals surface area contributed by atoms with Crippen LogP contribution in [-0.2, 0) is 25.5 Å². The van der Waals surface area contributed by atoms with Crippen LogP contribution in [0.25, 0.3) is 0 Å². The zero-order valence-corrected chi connectivity index (χ0v) is 23.0. The zero-order valence-electron chi connectivity index (χ0n) is 22.2. The van der Waals surface area contributed by atoms with E-state index in [0.29, 0.717) is 18.7 Å². The van der Waals surface area contributed by atoms with Crippen molar-refractivity contribution in [3.8, 4) is 0 Å². The van der Waals surface area contributed by atoms with Crippen molar-refractivity contribution in [2.45, 2.75) is 67.2 Å². The molecule has 3 aliphatic heterocycles. The minimum absolute atomic E-state index is 0.109. The molecule has 0 unspecified atom stereocenters. The third-order valence-electron chi connectivity index (χ3n) is 8.70. The first-order chi connectivity index (χ1) is 19.0. The van der Waals surface area contributed by atoms with Gasteiger partial charge in [0.1, 0.15) is 11.6 Å². The first-order valence-corrected chi connectivity index (χ1v) is 15.2. The van der Waals surface area contributed by atoms with Crippen LogP contribution < -0.4 is 10.6 Å². The Hall–Kier alpha value is -3.10. The van der Waals surface area contributed by atoms with Gasteiger partial charge in [0.15, 0.2) is 0 Å². The summed E-state index contributed by atoms with van der Waals surface area (Å²) in [4.78, 5) is 44.4. The van der Waals surface area contributed by atoms with Gasteiger partial charge in [-0.1, -0.05) is 67.8 Å². The predicted molar refractivity (Wildman–Crippen MR) is 151 cm³/mol. The highest BCUT2D eigenvalue weighted by Crippen LogP contribution is 2.55. The number of benzene rings is 2. The smallest absolute Gasteiger partial charge is 0.246 e. The van der Waals surface area contributed by atoms with Gasteiger partial charge in [-0.05, 0) is 49.3 Å². The average molecular weight is 546 g/mol. The fourth-order valence-corrected chi connectivity index (χ4v) is 7.31. The summed E-state index contributed by atoms with van der Waals surface area (Å²) in [6.07, 6.45) is 11.1. The lowest BCUT2D eigenvalue weighted by atomic mass is 9.74. The van der Waals surface area contributed by atoms with Crippen LogP contribution in [0.4, 0.5) is 5.69 Å². The summed E-state index contributed by atoms with van der Waals surface area (Å²) in [5, 5.41) is 6.27.